The Kier molecular flexibility index (Phi) is 5.75. The molecule has 0 bridgehead atoms. The van der Waals surface area contributed by atoms with Crippen molar-refractivity contribution >= 4 is 0 Å². The third-order valence-electron chi connectivity index (χ3n) is 4.12. The Bertz CT molecular complexity index is 204. The molecule has 0 aromatic rings. The summed E-state index contributed by atoms with van der Waals surface area (Å²) in [6.07, 6.45) is 8.51. The summed E-state index contributed by atoms with van der Waals surface area (Å²) in [5.41, 5.74) is 0. The minimum atomic E-state index is 0.369. The van der Waals surface area contributed by atoms with Gasteiger partial charge >= 0.3 is 0 Å². The van der Waals surface area contributed by atoms with Crippen molar-refractivity contribution in [3.63, 3.8) is 0 Å². The lowest BCUT2D eigenvalue weighted by molar-refractivity contribution is -0.137. The molecular formula is C14H27NO2. The molecule has 1 saturated heterocycles. The first-order chi connectivity index (χ1) is 8.34. The second-order valence-electron chi connectivity index (χ2n) is 5.73. The van der Waals surface area contributed by atoms with Crippen molar-refractivity contribution in [3.05, 3.63) is 0 Å². The van der Waals surface area contributed by atoms with Gasteiger partial charge in [0.25, 0.3) is 0 Å². The number of nitrogens with one attached hydrogen (secondary N) is 1. The molecule has 0 aromatic carbocycles. The van der Waals surface area contributed by atoms with Gasteiger partial charge in [0.2, 0.25) is 0 Å². The van der Waals surface area contributed by atoms with Gasteiger partial charge in [0.05, 0.1) is 12.7 Å². The summed E-state index contributed by atoms with van der Waals surface area (Å²) in [5.74, 6) is 1.91. The molecule has 0 amide bonds. The molecule has 3 nitrogen and oxygen atoms in total. The van der Waals surface area contributed by atoms with Crippen molar-refractivity contribution in [1.29, 1.82) is 0 Å². The molecular weight excluding hydrogens is 214 g/mol. The van der Waals surface area contributed by atoms with Gasteiger partial charge < -0.3 is 14.8 Å². The highest BCUT2D eigenvalue weighted by Crippen LogP contribution is 2.30. The second kappa shape index (κ2) is 7.34. The summed E-state index contributed by atoms with van der Waals surface area (Å²) in [5, 5.41) is 3.54. The van der Waals surface area contributed by atoms with Crippen molar-refractivity contribution < 1.29 is 9.47 Å². The highest BCUT2D eigenvalue weighted by molar-refractivity contribution is 4.72. The van der Waals surface area contributed by atoms with Crippen LogP contribution in [0, 0.1) is 11.8 Å². The summed E-state index contributed by atoms with van der Waals surface area (Å²) >= 11 is 0. The Morgan fingerprint density at radius 3 is 2.94 bits per heavy atom. The van der Waals surface area contributed by atoms with Crippen LogP contribution in [0.4, 0.5) is 0 Å². The van der Waals surface area contributed by atoms with Gasteiger partial charge in [-0.15, -0.1) is 0 Å². The zero-order valence-corrected chi connectivity index (χ0v) is 11.1. The van der Waals surface area contributed by atoms with Crippen LogP contribution in [-0.4, -0.2) is 32.6 Å². The van der Waals surface area contributed by atoms with Crippen LogP contribution >= 0.6 is 0 Å². The monoisotopic (exact) mass is 241 g/mol. The molecule has 2 aliphatic rings. The van der Waals surface area contributed by atoms with Crippen LogP contribution in [0.25, 0.3) is 0 Å². The fourth-order valence-electron chi connectivity index (χ4n) is 3.05. The summed E-state index contributed by atoms with van der Waals surface area (Å²) in [4.78, 5) is 0. The zero-order chi connectivity index (χ0) is 11.9. The van der Waals surface area contributed by atoms with E-state index in [4.69, 9.17) is 9.47 Å². The largest absolute Gasteiger partial charge is 0.355 e. The van der Waals surface area contributed by atoms with Gasteiger partial charge in [-0.2, -0.15) is 0 Å². The van der Waals surface area contributed by atoms with E-state index in [1.165, 1.54) is 32.1 Å². The fraction of sp³-hybridized carbons (Fsp3) is 1.00. The molecule has 100 valence electrons. The highest BCUT2D eigenvalue weighted by atomic mass is 16.7. The molecule has 0 aromatic heterocycles. The quantitative estimate of drug-likeness (QED) is 0.750. The zero-order valence-electron chi connectivity index (χ0n) is 11.1. The molecule has 1 heterocycles. The van der Waals surface area contributed by atoms with E-state index in [9.17, 15) is 0 Å². The van der Waals surface area contributed by atoms with Gasteiger partial charge in [-0.05, 0) is 37.6 Å². The molecule has 1 aliphatic carbocycles. The number of ether oxygens (including phenoxy) is 2. The van der Waals surface area contributed by atoms with E-state index in [0.717, 1.165) is 38.0 Å². The van der Waals surface area contributed by atoms with E-state index in [-0.39, 0.29) is 0 Å². The lowest BCUT2D eigenvalue weighted by Gasteiger charge is -2.27. The molecule has 0 radical (unpaired) electrons. The topological polar surface area (TPSA) is 30.5 Å². The lowest BCUT2D eigenvalue weighted by atomic mass is 9.81. The lowest BCUT2D eigenvalue weighted by Crippen LogP contribution is -2.35. The van der Waals surface area contributed by atoms with Crippen molar-refractivity contribution in [3.8, 4) is 0 Å². The van der Waals surface area contributed by atoms with E-state index in [1.54, 1.807) is 0 Å². The van der Waals surface area contributed by atoms with Crippen LogP contribution in [0.3, 0.4) is 0 Å². The van der Waals surface area contributed by atoms with Gasteiger partial charge in [-0.25, -0.2) is 0 Å². The normalized spacial score (nSPS) is 34.8. The number of hydrogen-bond donors (Lipinski definition) is 1. The van der Waals surface area contributed by atoms with Crippen molar-refractivity contribution in [2.75, 3.05) is 26.5 Å². The third-order valence-corrected chi connectivity index (χ3v) is 4.12. The van der Waals surface area contributed by atoms with Gasteiger partial charge in [0.15, 0.2) is 0 Å². The molecule has 3 atom stereocenters. The van der Waals surface area contributed by atoms with E-state index in [1.807, 2.05) is 0 Å². The molecule has 17 heavy (non-hydrogen) atoms. The first kappa shape index (κ1) is 13.3. The van der Waals surface area contributed by atoms with Crippen LogP contribution < -0.4 is 5.32 Å². The fourth-order valence-corrected chi connectivity index (χ4v) is 3.05. The molecule has 1 saturated carbocycles. The minimum Gasteiger partial charge on any atom is -0.355 e. The van der Waals surface area contributed by atoms with Gasteiger partial charge in [0, 0.05) is 6.54 Å². The maximum Gasteiger partial charge on any atom is 0.147 e. The van der Waals surface area contributed by atoms with Gasteiger partial charge in [0.1, 0.15) is 6.79 Å². The second-order valence-corrected chi connectivity index (χ2v) is 5.73. The Morgan fingerprint density at radius 1 is 1.24 bits per heavy atom. The Balaban J connectivity index is 1.50. The molecule has 1 N–H and O–H groups in total. The van der Waals surface area contributed by atoms with Crippen LogP contribution in [0.15, 0.2) is 0 Å². The van der Waals surface area contributed by atoms with Crippen LogP contribution in [-0.2, 0) is 9.47 Å². The minimum absolute atomic E-state index is 0.369. The SMILES string of the molecule is CC1CCCC(CCNCC2CCOCO2)C1. The summed E-state index contributed by atoms with van der Waals surface area (Å²) in [6.45, 7) is 5.87. The van der Waals surface area contributed by atoms with Gasteiger partial charge in [-0.1, -0.05) is 26.2 Å². The molecule has 3 unspecified atom stereocenters. The van der Waals surface area contributed by atoms with E-state index < -0.39 is 0 Å². The average Bonchev–Trinajstić information content (AvgIpc) is 2.36. The molecule has 1 aliphatic heterocycles. The van der Waals surface area contributed by atoms with Crippen LogP contribution in [0.2, 0.25) is 0 Å². The first-order valence-electron chi connectivity index (χ1n) is 7.24. The van der Waals surface area contributed by atoms with Crippen molar-refractivity contribution in [2.45, 2.75) is 51.6 Å². The predicted octanol–water partition coefficient (Wildman–Crippen LogP) is 2.56. The Morgan fingerprint density at radius 2 is 2.18 bits per heavy atom. The highest BCUT2D eigenvalue weighted by Gasteiger charge is 2.18. The average molecular weight is 241 g/mol. The maximum atomic E-state index is 5.50. The summed E-state index contributed by atoms with van der Waals surface area (Å²) < 4.78 is 10.7. The number of hydrogen-bond acceptors (Lipinski definition) is 3. The summed E-state index contributed by atoms with van der Waals surface area (Å²) in [7, 11) is 0. The Labute approximate surface area is 105 Å². The molecule has 0 spiro atoms. The first-order valence-corrected chi connectivity index (χ1v) is 7.24. The van der Waals surface area contributed by atoms with Crippen LogP contribution in [0.5, 0.6) is 0 Å². The van der Waals surface area contributed by atoms with Crippen LogP contribution in [0.1, 0.15) is 45.4 Å². The maximum absolute atomic E-state index is 5.50. The smallest absolute Gasteiger partial charge is 0.147 e. The standard InChI is InChI=1S/C14H27NO2/c1-12-3-2-4-13(9-12)5-7-15-10-14-6-8-16-11-17-14/h12-15H,2-11H2,1H3. The van der Waals surface area contributed by atoms with E-state index in [2.05, 4.69) is 12.2 Å². The van der Waals surface area contributed by atoms with E-state index >= 15 is 0 Å². The van der Waals surface area contributed by atoms with E-state index in [0.29, 0.717) is 12.9 Å². The summed E-state index contributed by atoms with van der Waals surface area (Å²) in [6, 6.07) is 0. The van der Waals surface area contributed by atoms with Gasteiger partial charge in [-0.3, -0.25) is 0 Å². The third kappa shape index (κ3) is 4.94. The number of rotatable bonds is 5. The van der Waals surface area contributed by atoms with Crippen molar-refractivity contribution in [2.24, 2.45) is 11.8 Å². The van der Waals surface area contributed by atoms with Crippen molar-refractivity contribution in [1.82, 2.24) is 5.32 Å². The Hall–Kier alpha value is -0.120. The predicted molar refractivity (Wildman–Crippen MR) is 68.9 cm³/mol. The molecule has 2 fully saturated rings. The molecule has 3 heteroatoms. The molecule has 2 rings (SSSR count).